The second kappa shape index (κ2) is 10.2. The van der Waals surface area contributed by atoms with Crippen LogP contribution in [-0.4, -0.2) is 43.4 Å². The molecule has 0 atom stereocenters. The lowest BCUT2D eigenvalue weighted by Crippen LogP contribution is -2.41. The molecule has 2 rings (SSSR count). The van der Waals surface area contributed by atoms with E-state index in [4.69, 9.17) is 11.6 Å². The zero-order valence-corrected chi connectivity index (χ0v) is 18.2. The molecule has 25 heavy (non-hydrogen) atoms. The second-order valence-electron chi connectivity index (χ2n) is 6.97. The van der Waals surface area contributed by atoms with Crippen LogP contribution in [0, 0.1) is 5.41 Å². The van der Waals surface area contributed by atoms with E-state index in [-0.39, 0.29) is 29.9 Å². The first-order chi connectivity index (χ1) is 11.4. The maximum absolute atomic E-state index is 11.9. The molecule has 5 nitrogen and oxygen atoms in total. The van der Waals surface area contributed by atoms with E-state index < -0.39 is 0 Å². The van der Waals surface area contributed by atoms with E-state index in [0.29, 0.717) is 16.9 Å². The molecular weight excluding hydrogens is 451 g/mol. The zero-order valence-electron chi connectivity index (χ0n) is 15.1. The molecule has 0 saturated carbocycles. The summed E-state index contributed by atoms with van der Waals surface area (Å²) in [6.45, 7) is 7.34. The van der Waals surface area contributed by atoms with Crippen LogP contribution < -0.4 is 10.6 Å². The van der Waals surface area contributed by atoms with E-state index >= 15 is 0 Å². The molecule has 1 heterocycles. The van der Waals surface area contributed by atoms with Crippen molar-refractivity contribution in [2.45, 2.75) is 33.1 Å². The number of anilines is 1. The summed E-state index contributed by atoms with van der Waals surface area (Å²) in [4.78, 5) is 18.6. The van der Waals surface area contributed by atoms with Gasteiger partial charge in [-0.15, -0.1) is 24.0 Å². The number of amides is 1. The quantitative estimate of drug-likeness (QED) is 0.291. The molecule has 1 amide bonds. The highest BCUT2D eigenvalue weighted by atomic mass is 127. The van der Waals surface area contributed by atoms with Crippen LogP contribution in [0.4, 0.5) is 5.69 Å². The highest BCUT2D eigenvalue weighted by molar-refractivity contribution is 14.0. The smallest absolute Gasteiger partial charge is 0.224 e. The summed E-state index contributed by atoms with van der Waals surface area (Å²) in [7, 11) is 1.81. The maximum Gasteiger partial charge on any atom is 0.224 e. The number of aliphatic imine (C=N–C) groups is 1. The lowest BCUT2D eigenvalue weighted by molar-refractivity contribution is -0.116. The summed E-state index contributed by atoms with van der Waals surface area (Å²) in [5.74, 6) is 0.940. The molecule has 1 aliphatic rings. The highest BCUT2D eigenvalue weighted by Gasteiger charge is 2.30. The van der Waals surface area contributed by atoms with Gasteiger partial charge in [-0.1, -0.05) is 25.4 Å². The van der Waals surface area contributed by atoms with Gasteiger partial charge in [0.2, 0.25) is 5.91 Å². The van der Waals surface area contributed by atoms with Crippen LogP contribution in [0.2, 0.25) is 5.02 Å². The minimum Gasteiger partial charge on any atom is -0.356 e. The molecule has 0 spiro atoms. The number of rotatable bonds is 5. The number of carbonyl (C=O) groups excluding carboxylic acids is 1. The van der Waals surface area contributed by atoms with E-state index in [1.54, 1.807) is 31.3 Å². The summed E-state index contributed by atoms with van der Waals surface area (Å²) in [5, 5.41) is 6.89. The van der Waals surface area contributed by atoms with Crippen LogP contribution in [0.3, 0.4) is 0 Å². The Labute approximate surface area is 172 Å². The number of halogens is 2. The lowest BCUT2D eigenvalue weighted by Gasteiger charge is -2.23. The first-order valence-corrected chi connectivity index (χ1v) is 8.78. The highest BCUT2D eigenvalue weighted by Crippen LogP contribution is 2.28. The van der Waals surface area contributed by atoms with Crippen molar-refractivity contribution in [1.29, 1.82) is 0 Å². The van der Waals surface area contributed by atoms with Crippen molar-refractivity contribution < 1.29 is 4.79 Å². The van der Waals surface area contributed by atoms with Crippen LogP contribution in [0.15, 0.2) is 29.3 Å². The molecule has 0 aromatic heterocycles. The fraction of sp³-hybridized carbons (Fsp3) is 0.556. The van der Waals surface area contributed by atoms with Gasteiger partial charge in [-0.25, -0.2) is 0 Å². The van der Waals surface area contributed by atoms with Crippen LogP contribution >= 0.6 is 35.6 Å². The number of hydrogen-bond acceptors (Lipinski definition) is 2. The van der Waals surface area contributed by atoms with Gasteiger partial charge in [0.15, 0.2) is 5.96 Å². The number of benzene rings is 1. The van der Waals surface area contributed by atoms with Gasteiger partial charge < -0.3 is 15.5 Å². The molecule has 0 aliphatic carbocycles. The lowest BCUT2D eigenvalue weighted by atomic mass is 9.93. The molecule has 0 radical (unpaired) electrons. The first kappa shape index (κ1) is 22.0. The number of carbonyl (C=O) groups is 1. The van der Waals surface area contributed by atoms with Crippen molar-refractivity contribution in [3.63, 3.8) is 0 Å². The Morgan fingerprint density at radius 2 is 2.00 bits per heavy atom. The van der Waals surface area contributed by atoms with Crippen molar-refractivity contribution in [1.82, 2.24) is 10.2 Å². The van der Waals surface area contributed by atoms with Crippen molar-refractivity contribution in [3.05, 3.63) is 29.3 Å². The first-order valence-electron chi connectivity index (χ1n) is 8.41. The predicted octanol–water partition coefficient (Wildman–Crippen LogP) is 3.98. The van der Waals surface area contributed by atoms with Gasteiger partial charge in [-0.05, 0) is 42.5 Å². The zero-order chi connectivity index (χ0) is 17.6. The van der Waals surface area contributed by atoms with Gasteiger partial charge in [0, 0.05) is 43.8 Å². The van der Waals surface area contributed by atoms with E-state index in [1.807, 2.05) is 0 Å². The number of hydrogen-bond donors (Lipinski definition) is 2. The fourth-order valence-electron chi connectivity index (χ4n) is 2.83. The molecule has 140 valence electrons. The molecule has 0 unspecified atom stereocenters. The Hall–Kier alpha value is -1.02. The van der Waals surface area contributed by atoms with Gasteiger partial charge in [0.1, 0.15) is 0 Å². The Kier molecular flexibility index (Phi) is 8.99. The minimum atomic E-state index is 0. The van der Waals surface area contributed by atoms with Gasteiger partial charge >= 0.3 is 0 Å². The molecule has 1 aliphatic heterocycles. The second-order valence-corrected chi connectivity index (χ2v) is 7.40. The topological polar surface area (TPSA) is 56.7 Å². The van der Waals surface area contributed by atoms with Crippen molar-refractivity contribution in [2.75, 3.05) is 32.0 Å². The van der Waals surface area contributed by atoms with Crippen LogP contribution in [-0.2, 0) is 4.79 Å². The van der Waals surface area contributed by atoms with E-state index in [2.05, 4.69) is 34.4 Å². The van der Waals surface area contributed by atoms with Crippen molar-refractivity contribution in [3.8, 4) is 0 Å². The van der Waals surface area contributed by atoms with E-state index in [1.165, 1.54) is 6.42 Å². The molecular formula is C18H28ClIN4O. The molecule has 2 N–H and O–H groups in total. The van der Waals surface area contributed by atoms with Gasteiger partial charge in [-0.2, -0.15) is 0 Å². The van der Waals surface area contributed by atoms with E-state index in [9.17, 15) is 4.79 Å². The minimum absolute atomic E-state index is 0. The third-order valence-corrected chi connectivity index (χ3v) is 4.43. The monoisotopic (exact) mass is 478 g/mol. The third kappa shape index (κ3) is 7.40. The number of nitrogens with one attached hydrogen (secondary N) is 2. The predicted molar refractivity (Wildman–Crippen MR) is 116 cm³/mol. The largest absolute Gasteiger partial charge is 0.356 e. The summed E-state index contributed by atoms with van der Waals surface area (Å²) in [5.41, 5.74) is 1.11. The molecule has 0 bridgehead atoms. The fourth-order valence-corrected chi connectivity index (χ4v) is 2.96. The van der Waals surface area contributed by atoms with Crippen LogP contribution in [0.1, 0.15) is 33.1 Å². The Morgan fingerprint density at radius 1 is 1.32 bits per heavy atom. The van der Waals surface area contributed by atoms with E-state index in [0.717, 1.165) is 37.7 Å². The molecule has 7 heteroatoms. The average Bonchev–Trinajstić information content (AvgIpc) is 2.89. The standard InChI is InChI=1S/C18H27ClN4O.HI/c1-18(2)10-12-23(13-18)17(20-3)21-11-4-5-16(24)22-15-8-6-14(19)7-9-15;/h6-9H,4-5,10-13H2,1-3H3,(H,20,21)(H,22,24);1H. The third-order valence-electron chi connectivity index (χ3n) is 4.18. The maximum atomic E-state index is 11.9. The normalized spacial score (nSPS) is 16.3. The van der Waals surface area contributed by atoms with Gasteiger partial charge in [-0.3, -0.25) is 9.79 Å². The molecule has 1 saturated heterocycles. The summed E-state index contributed by atoms with van der Waals surface area (Å²) >= 11 is 5.83. The number of guanidine groups is 1. The van der Waals surface area contributed by atoms with Crippen molar-refractivity contribution in [2.24, 2.45) is 10.4 Å². The Balaban J connectivity index is 0.00000312. The van der Waals surface area contributed by atoms with Crippen molar-refractivity contribution >= 4 is 53.1 Å². The van der Waals surface area contributed by atoms with Crippen LogP contribution in [0.25, 0.3) is 0 Å². The SMILES string of the molecule is CN=C(NCCCC(=O)Nc1ccc(Cl)cc1)N1CCC(C)(C)C1.I. The summed E-state index contributed by atoms with van der Waals surface area (Å²) in [6, 6.07) is 7.13. The summed E-state index contributed by atoms with van der Waals surface area (Å²) in [6.07, 6.45) is 2.41. The van der Waals surface area contributed by atoms with Gasteiger partial charge in [0.05, 0.1) is 0 Å². The molecule has 1 aromatic carbocycles. The average molecular weight is 479 g/mol. The number of nitrogens with zero attached hydrogens (tertiary/aromatic N) is 2. The summed E-state index contributed by atoms with van der Waals surface area (Å²) < 4.78 is 0. The van der Waals surface area contributed by atoms with Crippen LogP contribution in [0.5, 0.6) is 0 Å². The van der Waals surface area contributed by atoms with Gasteiger partial charge in [0.25, 0.3) is 0 Å². The molecule has 1 aromatic rings. The number of likely N-dealkylation sites (tertiary alicyclic amines) is 1. The Morgan fingerprint density at radius 3 is 2.56 bits per heavy atom. The molecule has 1 fully saturated rings. The Bertz CT molecular complexity index is 589.